The maximum atomic E-state index is 14.0. The van der Waals surface area contributed by atoms with Gasteiger partial charge in [-0.1, -0.05) is 82.0 Å². The van der Waals surface area contributed by atoms with Gasteiger partial charge in [-0.25, -0.2) is 23.7 Å². The van der Waals surface area contributed by atoms with Crippen LogP contribution in [0.25, 0.3) is 67.7 Å². The van der Waals surface area contributed by atoms with Gasteiger partial charge in [-0.05, 0) is 60.7 Å². The number of aromatic nitrogens is 8. The highest BCUT2D eigenvalue weighted by molar-refractivity contribution is 6.30. The van der Waals surface area contributed by atoms with E-state index in [9.17, 15) is 8.78 Å². The molecule has 59 heavy (non-hydrogen) atoms. The number of pyridine rings is 2. The highest BCUT2D eigenvalue weighted by Crippen LogP contribution is 2.28. The molecule has 0 saturated carbocycles. The average Bonchev–Trinajstić information content (AvgIpc) is 4.09. The van der Waals surface area contributed by atoms with E-state index in [1.807, 2.05) is 83.7 Å². The maximum absolute atomic E-state index is 14.0. The van der Waals surface area contributed by atoms with Gasteiger partial charge in [-0.15, -0.1) is 11.6 Å². The standard InChI is InChI=1S/C22H14ClFN4O.C12H8FN3.C10H7Cl2NO/c23-15-7-5-14(6-8-15)20-11-16(29-27-20)12-28-10-9-19-21(13-28)26-22(25-19)17-3-1-2-4-18(17)24;13-9-4-2-1-3-8(9)12-15-10-5-6-14-7-11(10)16-12;11-6-9-5-10(13-14-9)7-1-3-8(12)4-2-7/h1-11,13H,12H2;1-7H,(H,15,16);1-5H,6H2. The third-order valence-corrected chi connectivity index (χ3v) is 9.59. The molecule has 4 aromatic heterocycles. The van der Waals surface area contributed by atoms with Crippen molar-refractivity contribution in [3.05, 3.63) is 179 Å². The monoisotopic (exact) mass is 844 g/mol. The van der Waals surface area contributed by atoms with Crippen LogP contribution in [-0.2, 0) is 12.4 Å². The summed E-state index contributed by atoms with van der Waals surface area (Å²) in [5.74, 6) is 1.98. The Labute approximate surface area is 350 Å². The zero-order chi connectivity index (χ0) is 40.7. The minimum absolute atomic E-state index is 0.283. The molecule has 10 nitrogen and oxygen atoms in total. The minimum atomic E-state index is -0.341. The molecule has 15 heteroatoms. The molecule has 2 aliphatic heterocycles. The highest BCUT2D eigenvalue weighted by atomic mass is 35.5. The number of rotatable bonds is 7. The summed E-state index contributed by atoms with van der Waals surface area (Å²) in [6.07, 6.45) is 7.07. The van der Waals surface area contributed by atoms with Gasteiger partial charge in [0.05, 0.1) is 46.5 Å². The second kappa shape index (κ2) is 17.8. The lowest BCUT2D eigenvalue weighted by Crippen LogP contribution is -1.99. The van der Waals surface area contributed by atoms with Gasteiger partial charge in [0, 0.05) is 51.9 Å². The number of aromatic amines is 1. The topological polar surface area (TPSA) is 124 Å². The zero-order valence-electron chi connectivity index (χ0n) is 30.6. The Balaban J connectivity index is 0.000000136. The molecule has 2 aliphatic rings. The number of nitrogens with zero attached hydrogens (tertiary/aromatic N) is 7. The summed E-state index contributed by atoms with van der Waals surface area (Å²) in [6, 6.07) is 35.2. The number of fused-ring (bicyclic) bond motifs is 2. The highest BCUT2D eigenvalue weighted by Gasteiger charge is 2.16. The van der Waals surface area contributed by atoms with Crippen molar-refractivity contribution in [3.63, 3.8) is 0 Å². The van der Waals surface area contributed by atoms with E-state index in [0.29, 0.717) is 68.2 Å². The summed E-state index contributed by atoms with van der Waals surface area (Å²) in [5.41, 5.74) is 7.26. The van der Waals surface area contributed by atoms with E-state index in [4.69, 9.17) is 43.8 Å². The Morgan fingerprint density at radius 2 is 1.22 bits per heavy atom. The van der Waals surface area contributed by atoms with Crippen molar-refractivity contribution in [2.24, 2.45) is 0 Å². The molecule has 10 rings (SSSR count). The molecule has 6 heterocycles. The van der Waals surface area contributed by atoms with Crippen molar-refractivity contribution in [3.8, 4) is 56.7 Å². The van der Waals surface area contributed by atoms with Crippen LogP contribution in [0, 0.1) is 11.6 Å². The van der Waals surface area contributed by atoms with Crippen molar-refractivity contribution < 1.29 is 17.8 Å². The molecule has 8 aromatic rings. The summed E-state index contributed by atoms with van der Waals surface area (Å²) < 4.78 is 39.9. The van der Waals surface area contributed by atoms with Gasteiger partial charge in [0.2, 0.25) is 0 Å². The molecule has 0 spiro atoms. The van der Waals surface area contributed by atoms with Crippen LogP contribution < -0.4 is 0 Å². The molecule has 0 radical (unpaired) electrons. The van der Waals surface area contributed by atoms with Crippen LogP contribution >= 0.6 is 34.8 Å². The van der Waals surface area contributed by atoms with Gasteiger partial charge < -0.3 is 18.6 Å². The molecule has 0 aliphatic carbocycles. The Hall–Kier alpha value is -6.73. The van der Waals surface area contributed by atoms with Gasteiger partial charge in [0.25, 0.3) is 0 Å². The first-order chi connectivity index (χ1) is 28.8. The van der Waals surface area contributed by atoms with Gasteiger partial charge in [0.15, 0.2) is 17.3 Å². The van der Waals surface area contributed by atoms with E-state index >= 15 is 0 Å². The quantitative estimate of drug-likeness (QED) is 0.157. The fourth-order valence-corrected chi connectivity index (χ4v) is 6.29. The lowest BCUT2D eigenvalue weighted by molar-refractivity contribution is 0.378. The predicted octanol–water partition coefficient (Wildman–Crippen LogP) is 12.0. The molecule has 0 saturated heterocycles. The van der Waals surface area contributed by atoms with E-state index in [0.717, 1.165) is 33.5 Å². The van der Waals surface area contributed by atoms with E-state index in [2.05, 4.69) is 35.2 Å². The predicted molar refractivity (Wildman–Crippen MR) is 224 cm³/mol. The minimum Gasteiger partial charge on any atom is -0.359 e. The Bertz CT molecular complexity index is 2890. The SMILES string of the molecule is ClCc1cc(-c2ccc(Cl)cc2)no1.Fc1ccccc1-c1nc2ccn(Cc3cc(-c4ccc(Cl)cc4)no3)cc-2n1.Fc1ccccc1-c1nc2ccncc2[nH]1. The molecule has 0 unspecified atom stereocenters. The van der Waals surface area contributed by atoms with E-state index in [1.54, 1.807) is 54.9 Å². The second-order valence-electron chi connectivity index (χ2n) is 12.9. The molecule has 1 N–H and O–H groups in total. The van der Waals surface area contributed by atoms with Gasteiger partial charge in [-0.2, -0.15) is 0 Å². The van der Waals surface area contributed by atoms with Crippen LogP contribution in [0.1, 0.15) is 11.5 Å². The first-order valence-electron chi connectivity index (χ1n) is 17.9. The number of imidazole rings is 2. The Kier molecular flexibility index (Phi) is 11.8. The summed E-state index contributed by atoms with van der Waals surface area (Å²) in [4.78, 5) is 20.2. The van der Waals surface area contributed by atoms with Crippen LogP contribution in [0.5, 0.6) is 0 Å². The third-order valence-electron chi connectivity index (χ3n) is 8.82. The van der Waals surface area contributed by atoms with Crippen molar-refractivity contribution in [1.82, 2.24) is 39.8 Å². The van der Waals surface area contributed by atoms with E-state index in [-0.39, 0.29) is 11.6 Å². The normalized spacial score (nSPS) is 10.9. The first kappa shape index (κ1) is 39.1. The molecular formula is C44H29Cl3F2N8O2. The summed E-state index contributed by atoms with van der Waals surface area (Å²) in [5, 5.41) is 9.39. The zero-order valence-corrected chi connectivity index (χ0v) is 32.9. The molecule has 0 atom stereocenters. The molecular weight excluding hydrogens is 817 g/mol. The fraction of sp³-hybridized carbons (Fsp3) is 0.0455. The van der Waals surface area contributed by atoms with Crippen molar-refractivity contribution in [1.29, 1.82) is 0 Å². The molecule has 4 aromatic carbocycles. The number of nitrogens with one attached hydrogen (secondary N) is 1. The molecule has 0 fully saturated rings. The second-order valence-corrected chi connectivity index (χ2v) is 14.0. The number of alkyl halides is 1. The van der Waals surface area contributed by atoms with E-state index in [1.165, 1.54) is 12.1 Å². The largest absolute Gasteiger partial charge is 0.359 e. The van der Waals surface area contributed by atoms with Gasteiger partial charge in [0.1, 0.15) is 34.5 Å². The molecule has 0 amide bonds. The van der Waals surface area contributed by atoms with Crippen LogP contribution in [0.3, 0.4) is 0 Å². The van der Waals surface area contributed by atoms with Crippen molar-refractivity contribution in [2.75, 3.05) is 0 Å². The summed E-state index contributed by atoms with van der Waals surface area (Å²) in [7, 11) is 0. The Morgan fingerprint density at radius 1 is 0.627 bits per heavy atom. The molecule has 292 valence electrons. The number of halogens is 5. The first-order valence-corrected chi connectivity index (χ1v) is 19.2. The third kappa shape index (κ3) is 9.37. The van der Waals surface area contributed by atoms with Gasteiger partial charge in [-0.3, -0.25) is 4.98 Å². The molecule has 0 bridgehead atoms. The van der Waals surface area contributed by atoms with Crippen LogP contribution in [0.4, 0.5) is 8.78 Å². The lowest BCUT2D eigenvalue weighted by Gasteiger charge is -2.04. The number of H-pyrrole nitrogens is 1. The maximum Gasteiger partial charge on any atom is 0.163 e. The average molecular weight is 846 g/mol. The number of hydrogen-bond donors (Lipinski definition) is 1. The van der Waals surface area contributed by atoms with Crippen LogP contribution in [0.15, 0.2) is 155 Å². The van der Waals surface area contributed by atoms with E-state index < -0.39 is 0 Å². The van der Waals surface area contributed by atoms with Crippen LogP contribution in [0.2, 0.25) is 10.0 Å². The summed E-state index contributed by atoms with van der Waals surface area (Å²) in [6.45, 7) is 0.485. The van der Waals surface area contributed by atoms with Crippen LogP contribution in [-0.4, -0.2) is 39.8 Å². The fourth-order valence-electron chi connectivity index (χ4n) is 5.91. The lowest BCUT2D eigenvalue weighted by atomic mass is 10.1. The van der Waals surface area contributed by atoms with Crippen molar-refractivity contribution >= 4 is 45.8 Å². The number of benzene rings is 4. The smallest absolute Gasteiger partial charge is 0.163 e. The van der Waals surface area contributed by atoms with Crippen molar-refractivity contribution in [2.45, 2.75) is 12.4 Å². The summed E-state index contributed by atoms with van der Waals surface area (Å²) >= 11 is 17.3. The number of hydrogen-bond acceptors (Lipinski definition) is 8. The Morgan fingerprint density at radius 3 is 1.83 bits per heavy atom. The van der Waals surface area contributed by atoms with Gasteiger partial charge >= 0.3 is 0 Å².